The van der Waals surface area contributed by atoms with Crippen LogP contribution >= 0.6 is 0 Å². The molecule has 3 rings (SSSR count). The Balaban J connectivity index is 2.19. The molecule has 0 bridgehead atoms. The Bertz CT molecular complexity index is 865. The van der Waals surface area contributed by atoms with E-state index in [0.717, 1.165) is 19.4 Å². The van der Waals surface area contributed by atoms with Crippen LogP contribution in [0.25, 0.3) is 11.2 Å². The summed E-state index contributed by atoms with van der Waals surface area (Å²) < 4.78 is 1.73. The van der Waals surface area contributed by atoms with Crippen molar-refractivity contribution in [2.75, 3.05) is 18.0 Å². The highest BCUT2D eigenvalue weighted by Gasteiger charge is 2.23. The molecular weight excluding hydrogens is 284 g/mol. The molecule has 0 spiro atoms. The summed E-state index contributed by atoms with van der Waals surface area (Å²) in [5.74, 6) is 6.39. The smallest absolute Gasteiger partial charge is 0.327 e. The Hall–Kier alpha value is -2.53. The number of anilines is 1. The second kappa shape index (κ2) is 5.69. The van der Waals surface area contributed by atoms with Crippen LogP contribution in [0.2, 0.25) is 0 Å². The lowest BCUT2D eigenvalue weighted by molar-refractivity contribution is 0.496. The van der Waals surface area contributed by atoms with E-state index in [2.05, 4.69) is 26.8 Å². The Morgan fingerprint density at radius 2 is 2.23 bits per heavy atom. The fourth-order valence-electron chi connectivity index (χ4n) is 2.80. The topological polar surface area (TPSA) is 113 Å². The highest BCUT2D eigenvalue weighted by molar-refractivity contribution is 5.73. The van der Waals surface area contributed by atoms with Gasteiger partial charge in [-0.3, -0.25) is 19.3 Å². The van der Waals surface area contributed by atoms with E-state index in [0.29, 0.717) is 24.6 Å². The van der Waals surface area contributed by atoms with Gasteiger partial charge in [0.25, 0.3) is 5.56 Å². The summed E-state index contributed by atoms with van der Waals surface area (Å²) in [6, 6.07) is 0.0802. The van der Waals surface area contributed by atoms with E-state index < -0.39 is 11.2 Å². The number of hydrogen-bond acceptors (Lipinski definition) is 5. The number of aromatic nitrogens is 4. The predicted molar refractivity (Wildman–Crippen MR) is 83.8 cm³/mol. The molecule has 0 saturated carbocycles. The summed E-state index contributed by atoms with van der Waals surface area (Å²) in [6.45, 7) is 3.56. The number of hydrogen-bond donors (Lipinski definition) is 3. The predicted octanol–water partition coefficient (Wildman–Crippen LogP) is -0.636. The average Bonchev–Trinajstić information content (AvgIpc) is 2.83. The lowest BCUT2D eigenvalue weighted by atomic mass is 10.1. The van der Waals surface area contributed by atoms with Crippen molar-refractivity contribution in [3.8, 4) is 11.8 Å². The molecule has 2 aromatic heterocycles. The molecule has 3 heterocycles. The molecule has 1 saturated heterocycles. The van der Waals surface area contributed by atoms with Crippen molar-refractivity contribution in [3.63, 3.8) is 0 Å². The van der Waals surface area contributed by atoms with Crippen LogP contribution in [0.3, 0.4) is 0 Å². The minimum absolute atomic E-state index is 0.0802. The lowest BCUT2D eigenvalue weighted by Gasteiger charge is -2.31. The second-order valence-electron chi connectivity index (χ2n) is 5.38. The minimum Gasteiger partial charge on any atom is -0.341 e. The number of nitrogens with one attached hydrogen (secondary N) is 2. The number of nitrogens with zero attached hydrogens (tertiary/aromatic N) is 3. The average molecular weight is 302 g/mol. The van der Waals surface area contributed by atoms with Gasteiger partial charge in [-0.25, -0.2) is 4.79 Å². The van der Waals surface area contributed by atoms with Crippen LogP contribution in [0.4, 0.5) is 5.95 Å². The van der Waals surface area contributed by atoms with Crippen molar-refractivity contribution < 1.29 is 0 Å². The molecule has 22 heavy (non-hydrogen) atoms. The third kappa shape index (κ3) is 2.51. The molecule has 1 aliphatic rings. The molecule has 0 unspecified atom stereocenters. The quantitative estimate of drug-likeness (QED) is 0.639. The monoisotopic (exact) mass is 302 g/mol. The van der Waals surface area contributed by atoms with Crippen molar-refractivity contribution in [2.24, 2.45) is 5.73 Å². The molecule has 8 nitrogen and oxygen atoms in total. The van der Waals surface area contributed by atoms with Crippen molar-refractivity contribution in [3.05, 3.63) is 20.8 Å². The van der Waals surface area contributed by atoms with Crippen LogP contribution in [0, 0.1) is 11.8 Å². The standard InChI is InChI=1S/C14H18N6O2/c1-2-3-7-20-10-11(16-13(22)18-12(10)21)17-14(20)19-6-4-5-9(15)8-19/h9H,4-8,15H2,1H3,(H2,16,18,21,22)/t9-/m1/s1. The molecule has 116 valence electrons. The van der Waals surface area contributed by atoms with Crippen molar-refractivity contribution in [2.45, 2.75) is 32.4 Å². The molecule has 0 radical (unpaired) electrons. The maximum absolute atomic E-state index is 12.1. The van der Waals surface area contributed by atoms with Gasteiger partial charge in [0.1, 0.15) is 0 Å². The van der Waals surface area contributed by atoms with E-state index in [1.807, 2.05) is 4.90 Å². The first-order valence-corrected chi connectivity index (χ1v) is 7.23. The first-order valence-electron chi connectivity index (χ1n) is 7.23. The summed E-state index contributed by atoms with van der Waals surface area (Å²) in [5, 5.41) is 0. The molecule has 0 aromatic carbocycles. The SMILES string of the molecule is CC#CCn1c(N2CCC[C@@H](N)C2)nc2[nH]c(=O)[nH]c(=O)c21. The highest BCUT2D eigenvalue weighted by Crippen LogP contribution is 2.21. The van der Waals surface area contributed by atoms with Gasteiger partial charge in [-0.1, -0.05) is 5.92 Å². The van der Waals surface area contributed by atoms with Crippen molar-refractivity contribution in [1.29, 1.82) is 0 Å². The fraction of sp³-hybridized carbons (Fsp3) is 0.500. The molecule has 4 N–H and O–H groups in total. The van der Waals surface area contributed by atoms with Gasteiger partial charge in [0.2, 0.25) is 5.95 Å². The number of rotatable bonds is 2. The van der Waals surface area contributed by atoms with Gasteiger partial charge in [-0.2, -0.15) is 4.98 Å². The summed E-state index contributed by atoms with van der Waals surface area (Å²) in [7, 11) is 0. The Morgan fingerprint density at radius 1 is 1.41 bits per heavy atom. The second-order valence-corrected chi connectivity index (χ2v) is 5.38. The Labute approximate surface area is 126 Å². The lowest BCUT2D eigenvalue weighted by Crippen LogP contribution is -2.44. The van der Waals surface area contributed by atoms with Crippen LogP contribution < -0.4 is 21.9 Å². The molecule has 0 amide bonds. The van der Waals surface area contributed by atoms with E-state index >= 15 is 0 Å². The van der Waals surface area contributed by atoms with Gasteiger partial charge < -0.3 is 10.6 Å². The van der Waals surface area contributed by atoms with Crippen LogP contribution in [-0.4, -0.2) is 38.7 Å². The maximum Gasteiger partial charge on any atom is 0.327 e. The summed E-state index contributed by atoms with van der Waals surface area (Å²) in [6.07, 6.45) is 1.94. The summed E-state index contributed by atoms with van der Waals surface area (Å²) in [5.41, 5.74) is 5.61. The number of H-pyrrole nitrogens is 2. The summed E-state index contributed by atoms with van der Waals surface area (Å²) in [4.78, 5) is 34.8. The Morgan fingerprint density at radius 3 is 2.95 bits per heavy atom. The van der Waals surface area contributed by atoms with Gasteiger partial charge in [0.15, 0.2) is 11.2 Å². The van der Waals surface area contributed by atoms with Gasteiger partial charge in [0.05, 0.1) is 6.54 Å². The highest BCUT2D eigenvalue weighted by atomic mass is 16.2. The fourth-order valence-corrected chi connectivity index (χ4v) is 2.80. The number of fused-ring (bicyclic) bond motifs is 1. The minimum atomic E-state index is -0.564. The largest absolute Gasteiger partial charge is 0.341 e. The van der Waals surface area contributed by atoms with Gasteiger partial charge in [-0.05, 0) is 19.8 Å². The zero-order valence-electron chi connectivity index (χ0n) is 12.3. The Kier molecular flexibility index (Phi) is 3.73. The molecule has 2 aromatic rings. The van der Waals surface area contributed by atoms with Crippen molar-refractivity contribution in [1.82, 2.24) is 19.5 Å². The molecular formula is C14H18N6O2. The zero-order valence-corrected chi connectivity index (χ0v) is 12.3. The van der Waals surface area contributed by atoms with Crippen LogP contribution in [0.15, 0.2) is 9.59 Å². The van der Waals surface area contributed by atoms with Crippen LogP contribution in [0.5, 0.6) is 0 Å². The third-order valence-corrected chi connectivity index (χ3v) is 3.78. The number of imidazole rings is 1. The first-order chi connectivity index (χ1) is 10.6. The molecule has 1 fully saturated rings. The van der Waals surface area contributed by atoms with Crippen LogP contribution in [0.1, 0.15) is 19.8 Å². The third-order valence-electron chi connectivity index (χ3n) is 3.78. The number of nitrogens with two attached hydrogens (primary N) is 1. The van der Waals surface area contributed by atoms with Crippen LogP contribution in [-0.2, 0) is 6.54 Å². The van der Waals surface area contributed by atoms with Crippen molar-refractivity contribution >= 4 is 17.1 Å². The van der Waals surface area contributed by atoms with E-state index in [4.69, 9.17) is 5.73 Å². The van der Waals surface area contributed by atoms with E-state index in [1.54, 1.807) is 11.5 Å². The van der Waals surface area contributed by atoms with E-state index in [-0.39, 0.29) is 11.7 Å². The number of piperidine rings is 1. The molecule has 0 aliphatic carbocycles. The summed E-state index contributed by atoms with van der Waals surface area (Å²) >= 11 is 0. The maximum atomic E-state index is 12.1. The normalized spacial score (nSPS) is 18.3. The van der Waals surface area contributed by atoms with Gasteiger partial charge in [0, 0.05) is 19.1 Å². The van der Waals surface area contributed by atoms with Gasteiger partial charge in [-0.15, -0.1) is 5.92 Å². The molecule has 1 aliphatic heterocycles. The first kappa shape index (κ1) is 14.4. The van der Waals surface area contributed by atoms with E-state index in [9.17, 15) is 9.59 Å². The van der Waals surface area contributed by atoms with E-state index in [1.165, 1.54) is 0 Å². The zero-order chi connectivity index (χ0) is 15.7. The van der Waals surface area contributed by atoms with Gasteiger partial charge >= 0.3 is 5.69 Å². The number of aromatic amines is 2. The molecule has 8 heteroatoms. The molecule has 1 atom stereocenters.